The number of imidazole rings is 1. The predicted octanol–water partition coefficient (Wildman–Crippen LogP) is -1.24. The van der Waals surface area contributed by atoms with Gasteiger partial charge in [-0.1, -0.05) is 0 Å². The fraction of sp³-hybridized carbons (Fsp3) is 0.667. The van der Waals surface area contributed by atoms with Crippen molar-refractivity contribution in [2.75, 3.05) is 11.9 Å². The van der Waals surface area contributed by atoms with E-state index in [4.69, 9.17) is 4.74 Å². The number of aliphatic hydroxyl groups is 4. The van der Waals surface area contributed by atoms with Crippen molar-refractivity contribution in [2.24, 2.45) is 0 Å². The van der Waals surface area contributed by atoms with Gasteiger partial charge in [0.05, 0.1) is 25.1 Å². The first-order chi connectivity index (χ1) is 12.1. The molecule has 2 fully saturated rings. The summed E-state index contributed by atoms with van der Waals surface area (Å²) in [6, 6.07) is -0.0860. The zero-order valence-corrected chi connectivity index (χ0v) is 13.4. The standard InChI is InChI=1S/C15H21N5O5/c21-4-9-11(23)12(24)15(25-9)20-6-18-10-13(16-5-17-14(10)20)19-7-2-1-3-8(7)22/h5-9,11-12,15,21-24H,1-4H2,(H,16,17,19)/t7-,8+,9-,11-,12-,15-/m1/s1. The molecule has 2 aromatic heterocycles. The summed E-state index contributed by atoms with van der Waals surface area (Å²) < 4.78 is 7.04. The summed E-state index contributed by atoms with van der Waals surface area (Å²) in [5.74, 6) is 0.501. The van der Waals surface area contributed by atoms with Crippen LogP contribution >= 0.6 is 0 Å². The molecule has 136 valence electrons. The molecule has 3 heterocycles. The van der Waals surface area contributed by atoms with Crippen LogP contribution in [0.3, 0.4) is 0 Å². The van der Waals surface area contributed by atoms with Crippen molar-refractivity contribution in [1.29, 1.82) is 0 Å². The zero-order valence-electron chi connectivity index (χ0n) is 13.4. The molecule has 5 N–H and O–H groups in total. The van der Waals surface area contributed by atoms with Crippen molar-refractivity contribution in [1.82, 2.24) is 19.5 Å². The van der Waals surface area contributed by atoms with Gasteiger partial charge in [-0.15, -0.1) is 0 Å². The lowest BCUT2D eigenvalue weighted by Gasteiger charge is -2.18. The SMILES string of the molecule is OC[C@H]1O[C@@H](n2cnc3c(N[C@@H]4CCC[C@@H]4O)ncnc32)[C@H](O)[C@@H]1O. The monoisotopic (exact) mass is 351 g/mol. The molecule has 1 saturated heterocycles. The smallest absolute Gasteiger partial charge is 0.167 e. The summed E-state index contributed by atoms with van der Waals surface area (Å²) in [5.41, 5.74) is 0.916. The number of nitrogens with one attached hydrogen (secondary N) is 1. The fourth-order valence-corrected chi connectivity index (χ4v) is 3.54. The van der Waals surface area contributed by atoms with E-state index in [0.717, 1.165) is 19.3 Å². The Bertz CT molecular complexity index is 755. The third kappa shape index (κ3) is 2.75. The molecule has 0 radical (unpaired) electrons. The van der Waals surface area contributed by atoms with Crippen LogP contribution in [0, 0.1) is 0 Å². The Balaban J connectivity index is 1.65. The second-order valence-electron chi connectivity index (χ2n) is 6.52. The molecule has 1 aliphatic carbocycles. The molecule has 0 bridgehead atoms. The van der Waals surface area contributed by atoms with E-state index >= 15 is 0 Å². The van der Waals surface area contributed by atoms with E-state index in [-0.39, 0.29) is 6.04 Å². The molecule has 10 nitrogen and oxygen atoms in total. The number of fused-ring (bicyclic) bond motifs is 1. The lowest BCUT2D eigenvalue weighted by molar-refractivity contribution is -0.0511. The number of aromatic nitrogens is 4. The van der Waals surface area contributed by atoms with Crippen LogP contribution < -0.4 is 5.32 Å². The van der Waals surface area contributed by atoms with Crippen LogP contribution in [0.15, 0.2) is 12.7 Å². The molecular weight excluding hydrogens is 330 g/mol. The third-order valence-corrected chi connectivity index (χ3v) is 4.95. The minimum Gasteiger partial charge on any atom is -0.394 e. The maximum atomic E-state index is 10.2. The number of aliphatic hydroxyl groups excluding tert-OH is 4. The van der Waals surface area contributed by atoms with Crippen LogP contribution in [0.1, 0.15) is 25.5 Å². The first-order valence-corrected chi connectivity index (χ1v) is 8.34. The normalized spacial score (nSPS) is 35.5. The lowest BCUT2D eigenvalue weighted by atomic mass is 10.1. The molecule has 2 aromatic rings. The van der Waals surface area contributed by atoms with Gasteiger partial charge < -0.3 is 30.5 Å². The Morgan fingerprint density at radius 1 is 1.16 bits per heavy atom. The zero-order chi connectivity index (χ0) is 17.6. The topological polar surface area (TPSA) is 146 Å². The van der Waals surface area contributed by atoms with Gasteiger partial charge in [0.25, 0.3) is 0 Å². The van der Waals surface area contributed by atoms with Gasteiger partial charge in [0.1, 0.15) is 24.6 Å². The fourth-order valence-electron chi connectivity index (χ4n) is 3.54. The molecule has 1 saturated carbocycles. The molecule has 1 aliphatic heterocycles. The quantitative estimate of drug-likeness (QED) is 0.456. The molecule has 0 aromatic carbocycles. The number of hydrogen-bond donors (Lipinski definition) is 5. The van der Waals surface area contributed by atoms with Crippen molar-refractivity contribution in [3.63, 3.8) is 0 Å². The van der Waals surface area contributed by atoms with Crippen LogP contribution in [0.4, 0.5) is 5.82 Å². The maximum Gasteiger partial charge on any atom is 0.167 e. The van der Waals surface area contributed by atoms with Crippen molar-refractivity contribution < 1.29 is 25.2 Å². The van der Waals surface area contributed by atoms with Crippen LogP contribution in [-0.2, 0) is 4.74 Å². The van der Waals surface area contributed by atoms with Crippen molar-refractivity contribution in [2.45, 2.75) is 55.9 Å². The maximum absolute atomic E-state index is 10.2. The Labute approximate surface area is 143 Å². The van der Waals surface area contributed by atoms with Crippen molar-refractivity contribution >= 4 is 17.0 Å². The van der Waals surface area contributed by atoms with Crippen LogP contribution in [0.25, 0.3) is 11.2 Å². The van der Waals surface area contributed by atoms with Gasteiger partial charge in [0.2, 0.25) is 0 Å². The van der Waals surface area contributed by atoms with Gasteiger partial charge in [0, 0.05) is 0 Å². The van der Waals surface area contributed by atoms with E-state index in [0.29, 0.717) is 17.0 Å². The van der Waals surface area contributed by atoms with Crippen molar-refractivity contribution in [3.8, 4) is 0 Å². The highest BCUT2D eigenvalue weighted by Gasteiger charge is 2.44. The highest BCUT2D eigenvalue weighted by molar-refractivity contribution is 5.82. The largest absolute Gasteiger partial charge is 0.394 e. The van der Waals surface area contributed by atoms with Gasteiger partial charge in [-0.3, -0.25) is 4.57 Å². The number of hydrogen-bond acceptors (Lipinski definition) is 9. The van der Waals surface area contributed by atoms with Crippen LogP contribution in [0.2, 0.25) is 0 Å². The second-order valence-corrected chi connectivity index (χ2v) is 6.52. The Morgan fingerprint density at radius 3 is 2.68 bits per heavy atom. The van der Waals surface area contributed by atoms with Gasteiger partial charge in [0.15, 0.2) is 23.2 Å². The highest BCUT2D eigenvalue weighted by atomic mass is 16.6. The molecule has 0 unspecified atom stereocenters. The molecule has 2 aliphatic rings. The minimum absolute atomic E-state index is 0.0860. The van der Waals surface area contributed by atoms with Crippen molar-refractivity contribution in [3.05, 3.63) is 12.7 Å². The summed E-state index contributed by atoms with van der Waals surface area (Å²) in [6.45, 7) is -0.400. The summed E-state index contributed by atoms with van der Waals surface area (Å²) in [4.78, 5) is 12.7. The molecule has 6 atom stereocenters. The van der Waals surface area contributed by atoms with Crippen LogP contribution in [-0.4, -0.2) is 77.0 Å². The molecule has 4 rings (SSSR count). The molecule has 10 heteroatoms. The second kappa shape index (κ2) is 6.46. The van der Waals surface area contributed by atoms with E-state index in [1.807, 2.05) is 0 Å². The molecule has 25 heavy (non-hydrogen) atoms. The summed E-state index contributed by atoms with van der Waals surface area (Å²) in [5, 5.41) is 42.6. The molecule has 0 amide bonds. The van der Waals surface area contributed by atoms with Gasteiger partial charge in [-0.05, 0) is 19.3 Å². The van der Waals surface area contributed by atoms with E-state index in [9.17, 15) is 20.4 Å². The van der Waals surface area contributed by atoms with E-state index in [1.54, 1.807) is 0 Å². The summed E-state index contributed by atoms with van der Waals surface area (Å²) >= 11 is 0. The summed E-state index contributed by atoms with van der Waals surface area (Å²) in [7, 11) is 0. The number of nitrogens with zero attached hydrogens (tertiary/aromatic N) is 4. The average molecular weight is 351 g/mol. The summed E-state index contributed by atoms with van der Waals surface area (Å²) in [6.07, 6.45) is 0.768. The Kier molecular flexibility index (Phi) is 4.29. The highest BCUT2D eigenvalue weighted by Crippen LogP contribution is 2.32. The molecule has 0 spiro atoms. The van der Waals surface area contributed by atoms with Gasteiger partial charge in [-0.25, -0.2) is 15.0 Å². The van der Waals surface area contributed by atoms with Gasteiger partial charge in [-0.2, -0.15) is 0 Å². The Hall–Kier alpha value is -1.85. The predicted molar refractivity (Wildman–Crippen MR) is 85.6 cm³/mol. The lowest BCUT2D eigenvalue weighted by Crippen LogP contribution is -2.33. The molecular formula is C15H21N5O5. The van der Waals surface area contributed by atoms with Crippen LogP contribution in [0.5, 0.6) is 0 Å². The number of ether oxygens (including phenoxy) is 1. The number of rotatable bonds is 4. The third-order valence-electron chi connectivity index (χ3n) is 4.95. The van der Waals surface area contributed by atoms with E-state index in [1.165, 1.54) is 17.2 Å². The Morgan fingerprint density at radius 2 is 2.00 bits per heavy atom. The average Bonchev–Trinajstić information content (AvgIpc) is 3.29. The van der Waals surface area contributed by atoms with E-state index < -0.39 is 37.3 Å². The number of anilines is 1. The first kappa shape index (κ1) is 16.6. The first-order valence-electron chi connectivity index (χ1n) is 8.34. The van der Waals surface area contributed by atoms with E-state index in [2.05, 4.69) is 20.3 Å². The van der Waals surface area contributed by atoms with Gasteiger partial charge >= 0.3 is 0 Å². The minimum atomic E-state index is -1.21.